The minimum Gasteiger partial charge on any atom is -0.393 e. The van der Waals surface area contributed by atoms with Crippen LogP contribution in [0.15, 0.2) is 23.8 Å². The maximum Gasteiger partial charge on any atom is 0.0600 e. The van der Waals surface area contributed by atoms with Crippen LogP contribution < -0.4 is 0 Å². The number of hydrogen-bond acceptors (Lipinski definition) is 1. The molecule has 1 nitrogen and oxygen atoms in total. The fourth-order valence-corrected chi connectivity index (χ4v) is 1.15. The van der Waals surface area contributed by atoms with E-state index in [1.165, 1.54) is 5.57 Å². The van der Waals surface area contributed by atoms with E-state index in [0.717, 1.165) is 12.8 Å². The Kier molecular flexibility index (Phi) is 2.89. The Morgan fingerprint density at radius 2 is 2.27 bits per heavy atom. The molecule has 0 bridgehead atoms. The Balaban J connectivity index is 2.31. The average Bonchev–Trinajstić information content (AvgIpc) is 2.39. The molecule has 1 unspecified atom stereocenters. The third-order valence-electron chi connectivity index (χ3n) is 2.09. The summed E-state index contributed by atoms with van der Waals surface area (Å²) in [6.07, 6.45) is 7.99. The van der Waals surface area contributed by atoms with Crippen molar-refractivity contribution in [2.75, 3.05) is 0 Å². The second-order valence-electron chi connectivity index (χ2n) is 3.47. The first-order valence-electron chi connectivity index (χ1n) is 4.23. The molecule has 1 atom stereocenters. The molecule has 0 aromatic heterocycles. The molecule has 11 heavy (non-hydrogen) atoms. The topological polar surface area (TPSA) is 20.2 Å². The predicted octanol–water partition coefficient (Wildman–Crippen LogP) is 2.28. The first-order valence-corrected chi connectivity index (χ1v) is 4.23. The summed E-state index contributed by atoms with van der Waals surface area (Å²) in [5.41, 5.74) is 1.35. The van der Waals surface area contributed by atoms with E-state index in [4.69, 9.17) is 0 Å². The lowest BCUT2D eigenvalue weighted by Gasteiger charge is -2.14. The minimum absolute atomic E-state index is 0.166. The van der Waals surface area contributed by atoms with E-state index in [0.29, 0.717) is 5.92 Å². The molecule has 1 aliphatic carbocycles. The van der Waals surface area contributed by atoms with Crippen molar-refractivity contribution in [1.82, 2.24) is 0 Å². The first kappa shape index (κ1) is 8.54. The zero-order valence-corrected chi connectivity index (χ0v) is 7.25. The van der Waals surface area contributed by atoms with E-state index < -0.39 is 0 Å². The lowest BCUT2D eigenvalue weighted by atomic mass is 9.99. The Morgan fingerprint density at radius 1 is 1.55 bits per heavy atom. The van der Waals surface area contributed by atoms with Gasteiger partial charge in [0.1, 0.15) is 0 Å². The maximum atomic E-state index is 9.52. The van der Waals surface area contributed by atoms with Crippen LogP contribution in [0.5, 0.6) is 0 Å². The maximum absolute atomic E-state index is 9.52. The van der Waals surface area contributed by atoms with Gasteiger partial charge in [-0.2, -0.15) is 0 Å². The van der Waals surface area contributed by atoms with Crippen LogP contribution in [0.1, 0.15) is 26.7 Å². The van der Waals surface area contributed by atoms with Crippen LogP contribution in [0.3, 0.4) is 0 Å². The molecule has 0 spiro atoms. The summed E-state index contributed by atoms with van der Waals surface area (Å²) < 4.78 is 0. The lowest BCUT2D eigenvalue weighted by Crippen LogP contribution is -2.14. The fourth-order valence-electron chi connectivity index (χ4n) is 1.15. The highest BCUT2D eigenvalue weighted by Crippen LogP contribution is 2.19. The normalized spacial score (nSPS) is 19.1. The number of hydrogen-bond donors (Lipinski definition) is 1. The molecule has 62 valence electrons. The first-order chi connectivity index (χ1) is 5.20. The molecule has 1 aliphatic rings. The van der Waals surface area contributed by atoms with Crippen LogP contribution in [-0.2, 0) is 0 Å². The second-order valence-corrected chi connectivity index (χ2v) is 3.47. The van der Waals surface area contributed by atoms with Gasteiger partial charge in [-0.05, 0) is 18.8 Å². The van der Waals surface area contributed by atoms with Gasteiger partial charge in [-0.1, -0.05) is 37.6 Å². The lowest BCUT2D eigenvalue weighted by molar-refractivity contribution is 0.125. The second kappa shape index (κ2) is 3.72. The Hall–Kier alpha value is -0.560. The van der Waals surface area contributed by atoms with Crippen LogP contribution in [0, 0.1) is 5.92 Å². The number of aliphatic hydroxyl groups excluding tert-OH is 1. The molecule has 1 N–H and O–H groups in total. The number of rotatable bonds is 3. The summed E-state index contributed by atoms with van der Waals surface area (Å²) in [6.45, 7) is 4.10. The molecular weight excluding hydrogens is 136 g/mol. The third kappa shape index (κ3) is 2.51. The van der Waals surface area contributed by atoms with Crippen molar-refractivity contribution < 1.29 is 5.11 Å². The summed E-state index contributed by atoms with van der Waals surface area (Å²) in [4.78, 5) is 0. The average molecular weight is 152 g/mol. The van der Waals surface area contributed by atoms with E-state index in [9.17, 15) is 5.11 Å². The van der Waals surface area contributed by atoms with Gasteiger partial charge >= 0.3 is 0 Å². The summed E-state index contributed by atoms with van der Waals surface area (Å²) in [5, 5.41) is 9.52. The van der Waals surface area contributed by atoms with Crippen LogP contribution in [-0.4, -0.2) is 11.2 Å². The van der Waals surface area contributed by atoms with Gasteiger partial charge in [0.25, 0.3) is 0 Å². The van der Waals surface area contributed by atoms with Gasteiger partial charge in [0, 0.05) is 0 Å². The van der Waals surface area contributed by atoms with Gasteiger partial charge in [-0.15, -0.1) is 0 Å². The summed E-state index contributed by atoms with van der Waals surface area (Å²) in [6, 6.07) is 0. The van der Waals surface area contributed by atoms with E-state index >= 15 is 0 Å². The molecule has 0 amide bonds. The molecule has 0 aromatic rings. The molecule has 0 heterocycles. The van der Waals surface area contributed by atoms with E-state index in [2.05, 4.69) is 18.2 Å². The molecule has 0 saturated heterocycles. The van der Waals surface area contributed by atoms with Crippen molar-refractivity contribution >= 4 is 0 Å². The van der Waals surface area contributed by atoms with Gasteiger partial charge in [0.2, 0.25) is 0 Å². The Labute approximate surface area is 68.4 Å². The number of allylic oxidation sites excluding steroid dienone is 3. The summed E-state index contributed by atoms with van der Waals surface area (Å²) >= 11 is 0. The van der Waals surface area contributed by atoms with Crippen molar-refractivity contribution in [1.29, 1.82) is 0 Å². The predicted molar refractivity (Wildman–Crippen MR) is 47.3 cm³/mol. The molecule has 0 aliphatic heterocycles. The monoisotopic (exact) mass is 152 g/mol. The van der Waals surface area contributed by atoms with Gasteiger partial charge in [0.05, 0.1) is 6.10 Å². The van der Waals surface area contributed by atoms with Crippen molar-refractivity contribution in [2.24, 2.45) is 5.92 Å². The Morgan fingerprint density at radius 3 is 2.73 bits per heavy atom. The summed E-state index contributed by atoms with van der Waals surface area (Å²) in [7, 11) is 0. The quantitative estimate of drug-likeness (QED) is 0.657. The third-order valence-corrected chi connectivity index (χ3v) is 2.09. The molecule has 0 saturated carbocycles. The zero-order valence-electron chi connectivity index (χ0n) is 7.25. The molecule has 0 fully saturated rings. The number of aliphatic hydroxyl groups is 1. The summed E-state index contributed by atoms with van der Waals surface area (Å²) in [5.74, 6) is 0.372. The molecule has 1 rings (SSSR count). The van der Waals surface area contributed by atoms with Gasteiger partial charge < -0.3 is 5.11 Å². The zero-order chi connectivity index (χ0) is 8.27. The van der Waals surface area contributed by atoms with Crippen LogP contribution in [0.2, 0.25) is 0 Å². The highest BCUT2D eigenvalue weighted by Gasteiger charge is 2.11. The van der Waals surface area contributed by atoms with Crippen molar-refractivity contribution in [3.8, 4) is 0 Å². The van der Waals surface area contributed by atoms with E-state index in [-0.39, 0.29) is 6.10 Å². The van der Waals surface area contributed by atoms with Crippen molar-refractivity contribution in [2.45, 2.75) is 32.8 Å². The fraction of sp³-hybridized carbons (Fsp3) is 0.600. The van der Waals surface area contributed by atoms with Gasteiger partial charge in [-0.25, -0.2) is 0 Å². The van der Waals surface area contributed by atoms with Crippen molar-refractivity contribution in [3.63, 3.8) is 0 Å². The van der Waals surface area contributed by atoms with Crippen LogP contribution >= 0.6 is 0 Å². The molecule has 0 aromatic carbocycles. The smallest absolute Gasteiger partial charge is 0.0600 e. The van der Waals surface area contributed by atoms with Gasteiger partial charge in [-0.3, -0.25) is 0 Å². The minimum atomic E-state index is -0.166. The van der Waals surface area contributed by atoms with E-state index in [1.54, 1.807) is 0 Å². The largest absolute Gasteiger partial charge is 0.393 e. The standard InChI is InChI=1S/C10H16O/c1-8(2)10(11)7-9-5-3-4-6-9/h3-5,8,10-11H,6-7H2,1-2H3. The molecule has 0 radical (unpaired) electrons. The highest BCUT2D eigenvalue weighted by molar-refractivity contribution is 5.23. The molecule has 1 heteroatoms. The Bertz CT molecular complexity index is 177. The van der Waals surface area contributed by atoms with E-state index in [1.807, 2.05) is 13.8 Å². The SMILES string of the molecule is CC(C)C(O)CC1=CC=CC1. The highest BCUT2D eigenvalue weighted by atomic mass is 16.3. The molecular formula is C10H16O. The van der Waals surface area contributed by atoms with Crippen LogP contribution in [0.4, 0.5) is 0 Å². The van der Waals surface area contributed by atoms with Crippen LogP contribution in [0.25, 0.3) is 0 Å². The van der Waals surface area contributed by atoms with Crippen molar-refractivity contribution in [3.05, 3.63) is 23.8 Å². The van der Waals surface area contributed by atoms with Gasteiger partial charge in [0.15, 0.2) is 0 Å².